The van der Waals surface area contributed by atoms with E-state index in [4.69, 9.17) is 16.7 Å². The van der Waals surface area contributed by atoms with Crippen molar-refractivity contribution in [3.63, 3.8) is 0 Å². The van der Waals surface area contributed by atoms with Crippen LogP contribution in [0, 0.1) is 3.57 Å². The van der Waals surface area contributed by atoms with Crippen molar-refractivity contribution in [2.75, 3.05) is 5.32 Å². The number of rotatable bonds is 4. The van der Waals surface area contributed by atoms with Crippen molar-refractivity contribution in [2.24, 2.45) is 5.14 Å². The first-order valence-corrected chi connectivity index (χ1v) is 9.65. The highest BCUT2D eigenvalue weighted by atomic mass is 127. The number of nitrogens with two attached hydrogens (primary N) is 1. The molecule has 122 valence electrons. The SMILES string of the molecule is CCc1ccc(NC(=O)c2cc(Cl)ccc2I)cc1S(N)(=O)=O. The second-order valence-corrected chi connectivity index (χ2v) is 7.93. The molecule has 0 saturated carbocycles. The van der Waals surface area contributed by atoms with Gasteiger partial charge in [-0.15, -0.1) is 0 Å². The summed E-state index contributed by atoms with van der Waals surface area (Å²) in [5.41, 5.74) is 1.37. The largest absolute Gasteiger partial charge is 0.322 e. The van der Waals surface area contributed by atoms with E-state index in [1.54, 1.807) is 30.3 Å². The molecular formula is C15H14ClIN2O3S. The Morgan fingerprint density at radius 3 is 2.57 bits per heavy atom. The summed E-state index contributed by atoms with van der Waals surface area (Å²) >= 11 is 7.94. The molecule has 2 rings (SSSR count). The summed E-state index contributed by atoms with van der Waals surface area (Å²) in [5.74, 6) is -0.374. The van der Waals surface area contributed by atoms with Gasteiger partial charge in [-0.1, -0.05) is 24.6 Å². The van der Waals surface area contributed by atoms with E-state index in [-0.39, 0.29) is 10.8 Å². The first-order chi connectivity index (χ1) is 10.7. The fourth-order valence-corrected chi connectivity index (χ4v) is 3.68. The second kappa shape index (κ2) is 7.16. The minimum atomic E-state index is -3.86. The number of amides is 1. The Morgan fingerprint density at radius 2 is 1.96 bits per heavy atom. The van der Waals surface area contributed by atoms with Crippen LogP contribution in [0.15, 0.2) is 41.3 Å². The van der Waals surface area contributed by atoms with E-state index in [0.29, 0.717) is 28.3 Å². The van der Waals surface area contributed by atoms with Gasteiger partial charge in [-0.2, -0.15) is 0 Å². The number of hydrogen-bond acceptors (Lipinski definition) is 3. The third-order valence-electron chi connectivity index (χ3n) is 3.19. The lowest BCUT2D eigenvalue weighted by molar-refractivity contribution is 0.102. The third kappa shape index (κ3) is 4.43. The van der Waals surface area contributed by atoms with Gasteiger partial charge >= 0.3 is 0 Å². The van der Waals surface area contributed by atoms with Crippen molar-refractivity contribution in [1.29, 1.82) is 0 Å². The summed E-state index contributed by atoms with van der Waals surface area (Å²) in [6, 6.07) is 9.62. The lowest BCUT2D eigenvalue weighted by atomic mass is 10.1. The molecule has 2 aromatic rings. The van der Waals surface area contributed by atoms with Crippen molar-refractivity contribution in [1.82, 2.24) is 0 Å². The van der Waals surface area contributed by atoms with Crippen molar-refractivity contribution in [3.8, 4) is 0 Å². The molecule has 0 heterocycles. The molecule has 0 atom stereocenters. The topological polar surface area (TPSA) is 89.3 Å². The molecule has 2 aromatic carbocycles. The fraction of sp³-hybridized carbons (Fsp3) is 0.133. The maximum Gasteiger partial charge on any atom is 0.256 e. The van der Waals surface area contributed by atoms with Crippen molar-refractivity contribution < 1.29 is 13.2 Å². The van der Waals surface area contributed by atoms with Crippen LogP contribution in [0.2, 0.25) is 5.02 Å². The monoisotopic (exact) mass is 464 g/mol. The Balaban J connectivity index is 2.37. The van der Waals surface area contributed by atoms with E-state index in [1.807, 2.05) is 29.5 Å². The number of aryl methyl sites for hydroxylation is 1. The molecule has 0 bridgehead atoms. The molecule has 0 unspecified atom stereocenters. The Hall–Kier alpha value is -1.16. The molecule has 0 aliphatic heterocycles. The number of halogens is 2. The van der Waals surface area contributed by atoms with E-state index in [0.717, 1.165) is 3.57 Å². The number of carbonyl (C=O) groups excluding carboxylic acids is 1. The second-order valence-electron chi connectivity index (χ2n) is 4.80. The van der Waals surface area contributed by atoms with Crippen LogP contribution in [0.4, 0.5) is 5.69 Å². The average Bonchev–Trinajstić information content (AvgIpc) is 2.48. The number of anilines is 1. The average molecular weight is 465 g/mol. The molecule has 0 spiro atoms. The summed E-state index contributed by atoms with van der Waals surface area (Å²) in [6.07, 6.45) is 0.520. The van der Waals surface area contributed by atoms with Gasteiger partial charge in [0.25, 0.3) is 5.91 Å². The first kappa shape index (κ1) is 18.2. The van der Waals surface area contributed by atoms with Gasteiger partial charge in [0, 0.05) is 14.3 Å². The van der Waals surface area contributed by atoms with Crippen LogP contribution < -0.4 is 10.5 Å². The number of hydrogen-bond donors (Lipinski definition) is 2. The summed E-state index contributed by atoms with van der Waals surface area (Å²) in [5, 5.41) is 8.34. The highest BCUT2D eigenvalue weighted by Gasteiger charge is 2.16. The van der Waals surface area contributed by atoms with Crippen LogP contribution >= 0.6 is 34.2 Å². The predicted octanol–water partition coefficient (Wildman–Crippen LogP) is 3.41. The summed E-state index contributed by atoms with van der Waals surface area (Å²) < 4.78 is 24.1. The van der Waals surface area contributed by atoms with Gasteiger partial charge in [0.1, 0.15) is 0 Å². The number of carbonyl (C=O) groups is 1. The smallest absolute Gasteiger partial charge is 0.256 e. The molecule has 0 fully saturated rings. The van der Waals surface area contributed by atoms with Crippen molar-refractivity contribution in [2.45, 2.75) is 18.2 Å². The summed E-state index contributed by atoms with van der Waals surface area (Å²) in [6.45, 7) is 1.83. The van der Waals surface area contributed by atoms with Crippen LogP contribution in [0.3, 0.4) is 0 Å². The Labute approximate surface area is 153 Å². The van der Waals surface area contributed by atoms with Gasteiger partial charge in [-0.25, -0.2) is 13.6 Å². The minimum absolute atomic E-state index is 0.0126. The molecule has 0 radical (unpaired) electrons. The molecule has 1 amide bonds. The minimum Gasteiger partial charge on any atom is -0.322 e. The number of benzene rings is 2. The highest BCUT2D eigenvalue weighted by Crippen LogP contribution is 2.23. The van der Waals surface area contributed by atoms with E-state index in [2.05, 4.69) is 5.32 Å². The van der Waals surface area contributed by atoms with Crippen LogP contribution in [0.25, 0.3) is 0 Å². The molecule has 0 saturated heterocycles. The fourth-order valence-electron chi connectivity index (χ4n) is 2.06. The third-order valence-corrected chi connectivity index (χ3v) is 5.35. The summed E-state index contributed by atoms with van der Waals surface area (Å²) in [7, 11) is -3.86. The van der Waals surface area contributed by atoms with Gasteiger partial charge in [-0.3, -0.25) is 4.79 Å². The van der Waals surface area contributed by atoms with Crippen LogP contribution in [-0.4, -0.2) is 14.3 Å². The molecule has 8 heteroatoms. The van der Waals surface area contributed by atoms with E-state index in [9.17, 15) is 13.2 Å². The predicted molar refractivity (Wildman–Crippen MR) is 99.3 cm³/mol. The van der Waals surface area contributed by atoms with Gasteiger partial charge in [0.05, 0.1) is 10.5 Å². The summed E-state index contributed by atoms with van der Waals surface area (Å²) in [4.78, 5) is 12.4. The molecule has 5 nitrogen and oxygen atoms in total. The molecule has 3 N–H and O–H groups in total. The first-order valence-electron chi connectivity index (χ1n) is 6.64. The molecular weight excluding hydrogens is 451 g/mol. The zero-order valence-electron chi connectivity index (χ0n) is 12.1. The van der Waals surface area contributed by atoms with Crippen LogP contribution in [-0.2, 0) is 16.4 Å². The normalized spacial score (nSPS) is 11.3. The number of sulfonamides is 1. The number of nitrogens with one attached hydrogen (secondary N) is 1. The highest BCUT2D eigenvalue weighted by molar-refractivity contribution is 14.1. The molecule has 0 aromatic heterocycles. The van der Waals surface area contributed by atoms with E-state index in [1.165, 1.54) is 6.07 Å². The van der Waals surface area contributed by atoms with E-state index < -0.39 is 10.0 Å². The van der Waals surface area contributed by atoms with Crippen molar-refractivity contribution >= 4 is 55.8 Å². The zero-order valence-corrected chi connectivity index (χ0v) is 15.9. The van der Waals surface area contributed by atoms with Crippen LogP contribution in [0.1, 0.15) is 22.8 Å². The maximum absolute atomic E-state index is 12.3. The van der Waals surface area contributed by atoms with Gasteiger partial charge < -0.3 is 5.32 Å². The molecule has 23 heavy (non-hydrogen) atoms. The van der Waals surface area contributed by atoms with Crippen molar-refractivity contribution in [3.05, 3.63) is 56.1 Å². The van der Waals surface area contributed by atoms with Gasteiger partial charge in [-0.05, 0) is 64.9 Å². The van der Waals surface area contributed by atoms with Gasteiger partial charge in [0.15, 0.2) is 0 Å². The Morgan fingerprint density at radius 1 is 1.26 bits per heavy atom. The van der Waals surface area contributed by atoms with Gasteiger partial charge in [0.2, 0.25) is 10.0 Å². The van der Waals surface area contributed by atoms with E-state index >= 15 is 0 Å². The lowest BCUT2D eigenvalue weighted by Crippen LogP contribution is -2.17. The zero-order chi connectivity index (χ0) is 17.2. The number of primary sulfonamides is 1. The maximum atomic E-state index is 12.3. The molecule has 0 aliphatic rings. The standard InChI is InChI=1S/C15H14ClIN2O3S/c1-2-9-3-5-11(8-14(9)23(18,21)22)19-15(20)12-7-10(16)4-6-13(12)17/h3-8H,2H2,1H3,(H,19,20)(H2,18,21,22). The quantitative estimate of drug-likeness (QED) is 0.680. The Kier molecular flexibility index (Phi) is 5.66. The Bertz CT molecular complexity index is 869. The van der Waals surface area contributed by atoms with Crippen LogP contribution in [0.5, 0.6) is 0 Å². The molecule has 0 aliphatic carbocycles. The lowest BCUT2D eigenvalue weighted by Gasteiger charge is -2.11.